The van der Waals surface area contributed by atoms with E-state index in [1.165, 1.54) is 11.8 Å². The minimum absolute atomic E-state index is 0.0323. The molecular formula is C33H31N7O4. The Balaban J connectivity index is 1.36. The zero-order valence-electron chi connectivity index (χ0n) is 24.7. The molecule has 3 heterocycles. The van der Waals surface area contributed by atoms with Crippen molar-refractivity contribution in [3.8, 4) is 22.9 Å². The molecule has 0 atom stereocenters. The topological polar surface area (TPSA) is 136 Å². The second-order valence-corrected chi connectivity index (χ2v) is 11.2. The predicted octanol–water partition coefficient (Wildman–Crippen LogP) is 6.89. The van der Waals surface area contributed by atoms with Gasteiger partial charge in [-0.1, -0.05) is 18.2 Å². The number of aromatic nitrogens is 5. The number of benzene rings is 3. The largest absolute Gasteiger partial charge is 0.504 e. The lowest BCUT2D eigenvalue weighted by atomic mass is 10.1. The van der Waals surface area contributed by atoms with Crippen LogP contribution in [0, 0.1) is 0 Å². The van der Waals surface area contributed by atoms with Crippen LogP contribution in [0.25, 0.3) is 33.2 Å². The zero-order valence-corrected chi connectivity index (χ0v) is 24.7. The summed E-state index contributed by atoms with van der Waals surface area (Å²) >= 11 is 0. The lowest BCUT2D eigenvalue weighted by Gasteiger charge is -2.19. The average molecular weight is 590 g/mol. The van der Waals surface area contributed by atoms with E-state index in [0.717, 1.165) is 22.2 Å². The number of carbonyl (C=O) groups is 1. The lowest BCUT2D eigenvalue weighted by Crippen LogP contribution is -2.27. The second-order valence-electron chi connectivity index (χ2n) is 11.2. The van der Waals surface area contributed by atoms with Crippen LogP contribution < -0.4 is 15.4 Å². The summed E-state index contributed by atoms with van der Waals surface area (Å²) in [5.74, 6) is 1.23. The molecular weight excluding hydrogens is 558 g/mol. The first-order valence-corrected chi connectivity index (χ1v) is 14.0. The SMILES string of the molecule is COc1cc2nc(-c3cccc(NCc4cccnc4)c3)nc(Nc3ccc4c(cnn4C(=O)OC(C)(C)C)c3)c2cc1O. The van der Waals surface area contributed by atoms with Gasteiger partial charge in [-0.3, -0.25) is 4.98 Å². The number of nitrogens with zero attached hydrogens (tertiary/aromatic N) is 5. The van der Waals surface area contributed by atoms with E-state index < -0.39 is 11.7 Å². The number of carbonyl (C=O) groups excluding carboxylic acids is 1. The highest BCUT2D eigenvalue weighted by Gasteiger charge is 2.20. The molecule has 0 unspecified atom stereocenters. The Morgan fingerprint density at radius 3 is 2.61 bits per heavy atom. The van der Waals surface area contributed by atoms with Crippen molar-refractivity contribution in [1.29, 1.82) is 0 Å². The molecule has 6 aromatic rings. The summed E-state index contributed by atoms with van der Waals surface area (Å²) in [6, 6.07) is 20.5. The molecule has 3 aromatic carbocycles. The van der Waals surface area contributed by atoms with Crippen LogP contribution in [-0.4, -0.2) is 48.6 Å². The summed E-state index contributed by atoms with van der Waals surface area (Å²) < 4.78 is 12.1. The highest BCUT2D eigenvalue weighted by Crippen LogP contribution is 2.36. The van der Waals surface area contributed by atoms with Crippen molar-refractivity contribution in [2.24, 2.45) is 0 Å². The van der Waals surface area contributed by atoms with Gasteiger partial charge in [-0.15, -0.1) is 0 Å². The molecule has 3 N–H and O–H groups in total. The maximum atomic E-state index is 12.7. The number of aromatic hydroxyl groups is 1. The summed E-state index contributed by atoms with van der Waals surface area (Å²) in [6.45, 7) is 6.04. The van der Waals surface area contributed by atoms with Crippen LogP contribution in [0.1, 0.15) is 26.3 Å². The Hall–Kier alpha value is -5.71. The molecule has 222 valence electrons. The van der Waals surface area contributed by atoms with E-state index >= 15 is 0 Å². The van der Waals surface area contributed by atoms with Crippen molar-refractivity contribution >= 4 is 45.1 Å². The molecule has 44 heavy (non-hydrogen) atoms. The summed E-state index contributed by atoms with van der Waals surface area (Å²) in [4.78, 5) is 26.5. The molecule has 0 aliphatic rings. The number of pyridine rings is 1. The lowest BCUT2D eigenvalue weighted by molar-refractivity contribution is 0.0522. The first-order valence-electron chi connectivity index (χ1n) is 14.0. The van der Waals surface area contributed by atoms with Crippen molar-refractivity contribution in [2.45, 2.75) is 32.9 Å². The Morgan fingerprint density at radius 2 is 1.84 bits per heavy atom. The molecule has 11 heteroatoms. The molecule has 0 saturated heterocycles. The van der Waals surface area contributed by atoms with E-state index in [9.17, 15) is 9.90 Å². The number of hydrogen-bond acceptors (Lipinski definition) is 10. The molecule has 0 bridgehead atoms. The summed E-state index contributed by atoms with van der Waals surface area (Å²) in [5.41, 5.74) is 4.01. The number of ether oxygens (including phenoxy) is 2. The number of fused-ring (bicyclic) bond motifs is 2. The third kappa shape index (κ3) is 6.07. The monoisotopic (exact) mass is 589 g/mol. The van der Waals surface area contributed by atoms with Gasteiger partial charge in [-0.2, -0.15) is 9.78 Å². The zero-order chi connectivity index (χ0) is 30.8. The summed E-state index contributed by atoms with van der Waals surface area (Å²) in [7, 11) is 1.49. The Labute approximate surface area is 253 Å². The van der Waals surface area contributed by atoms with Crippen LogP contribution >= 0.6 is 0 Å². The van der Waals surface area contributed by atoms with Crippen LogP contribution in [0.3, 0.4) is 0 Å². The van der Waals surface area contributed by atoms with Crippen molar-refractivity contribution in [2.75, 3.05) is 17.7 Å². The maximum Gasteiger partial charge on any atom is 0.435 e. The van der Waals surface area contributed by atoms with Crippen LogP contribution in [-0.2, 0) is 11.3 Å². The third-order valence-corrected chi connectivity index (χ3v) is 6.73. The quantitative estimate of drug-likeness (QED) is 0.180. The van der Waals surface area contributed by atoms with Gasteiger partial charge < -0.3 is 25.2 Å². The first-order chi connectivity index (χ1) is 21.2. The Bertz CT molecular complexity index is 1980. The summed E-state index contributed by atoms with van der Waals surface area (Å²) in [6.07, 6.45) is 4.62. The number of rotatable bonds is 7. The van der Waals surface area contributed by atoms with Gasteiger partial charge in [0.1, 0.15) is 11.4 Å². The Morgan fingerprint density at radius 1 is 0.977 bits per heavy atom. The van der Waals surface area contributed by atoms with Gasteiger partial charge in [0.15, 0.2) is 17.3 Å². The van der Waals surface area contributed by atoms with E-state index in [0.29, 0.717) is 46.0 Å². The number of methoxy groups -OCH3 is 1. The van der Waals surface area contributed by atoms with Gasteiger partial charge in [-0.05, 0) is 68.8 Å². The van der Waals surface area contributed by atoms with Gasteiger partial charge in [0.2, 0.25) is 0 Å². The van der Waals surface area contributed by atoms with Crippen molar-refractivity contribution < 1.29 is 19.4 Å². The standard InChI is InChI=1S/C33H31N7O4/c1-33(2,3)44-32(42)40-27-11-10-24(14-22(27)19-36-40)37-31-25-15-28(41)29(43-4)16-26(25)38-30(39-31)21-8-5-9-23(13-21)35-18-20-7-6-12-34-17-20/h5-17,19,35,41H,18H2,1-4H3,(H,37,38,39). The second kappa shape index (κ2) is 11.5. The van der Waals surface area contributed by atoms with Gasteiger partial charge in [0.05, 0.1) is 24.3 Å². The van der Waals surface area contributed by atoms with Gasteiger partial charge in [0, 0.05) is 52.7 Å². The number of phenolic OH excluding ortho intramolecular Hbond substituents is 1. The number of hydrogen-bond donors (Lipinski definition) is 3. The normalized spacial score (nSPS) is 11.5. The molecule has 6 rings (SSSR count). The molecule has 0 radical (unpaired) electrons. The number of nitrogens with one attached hydrogen (secondary N) is 2. The minimum Gasteiger partial charge on any atom is -0.504 e. The van der Waals surface area contributed by atoms with Crippen LogP contribution in [0.5, 0.6) is 11.5 Å². The predicted molar refractivity (Wildman–Crippen MR) is 169 cm³/mol. The fraction of sp³-hybridized carbons (Fsp3) is 0.182. The van der Waals surface area contributed by atoms with Crippen LogP contribution in [0.15, 0.2) is 85.3 Å². The summed E-state index contributed by atoms with van der Waals surface area (Å²) in [5, 5.41) is 22.9. The molecule has 0 amide bonds. The third-order valence-electron chi connectivity index (χ3n) is 6.73. The maximum absolute atomic E-state index is 12.7. The highest BCUT2D eigenvalue weighted by atomic mass is 16.6. The molecule has 0 fully saturated rings. The van der Waals surface area contributed by atoms with Crippen LogP contribution in [0.4, 0.5) is 22.0 Å². The van der Waals surface area contributed by atoms with E-state index in [-0.39, 0.29) is 5.75 Å². The molecule has 0 aliphatic heterocycles. The molecule has 11 nitrogen and oxygen atoms in total. The van der Waals surface area contributed by atoms with Gasteiger partial charge in [0.25, 0.3) is 0 Å². The van der Waals surface area contributed by atoms with Crippen molar-refractivity contribution in [3.05, 3.63) is 90.9 Å². The van der Waals surface area contributed by atoms with Gasteiger partial charge >= 0.3 is 6.09 Å². The molecule has 0 aliphatic carbocycles. The minimum atomic E-state index is -0.647. The van der Waals surface area contributed by atoms with Crippen molar-refractivity contribution in [3.63, 3.8) is 0 Å². The Kier molecular flexibility index (Phi) is 7.44. The number of anilines is 3. The smallest absolute Gasteiger partial charge is 0.435 e. The van der Waals surface area contributed by atoms with E-state index in [1.54, 1.807) is 30.6 Å². The molecule has 0 saturated carbocycles. The van der Waals surface area contributed by atoms with Crippen molar-refractivity contribution in [1.82, 2.24) is 24.7 Å². The fourth-order valence-corrected chi connectivity index (χ4v) is 4.71. The first kappa shape index (κ1) is 28.4. The fourth-order valence-electron chi connectivity index (χ4n) is 4.71. The average Bonchev–Trinajstić information content (AvgIpc) is 3.43. The number of phenols is 1. The van der Waals surface area contributed by atoms with Crippen LogP contribution in [0.2, 0.25) is 0 Å². The molecule has 0 spiro atoms. The van der Waals surface area contributed by atoms with Gasteiger partial charge in [-0.25, -0.2) is 14.8 Å². The highest BCUT2D eigenvalue weighted by molar-refractivity contribution is 5.96. The molecule has 3 aromatic heterocycles. The van der Waals surface area contributed by atoms with E-state index in [2.05, 4.69) is 20.7 Å². The van der Waals surface area contributed by atoms with E-state index in [1.807, 2.05) is 75.5 Å². The van der Waals surface area contributed by atoms with E-state index in [4.69, 9.17) is 19.4 Å².